The van der Waals surface area contributed by atoms with Gasteiger partial charge in [-0.15, -0.1) is 11.5 Å². The Balaban J connectivity index is 1.77. The summed E-state index contributed by atoms with van der Waals surface area (Å²) in [6.45, 7) is 0. The van der Waals surface area contributed by atoms with Gasteiger partial charge in [0.2, 0.25) is 5.78 Å². The lowest BCUT2D eigenvalue weighted by molar-refractivity contribution is 0.103. The van der Waals surface area contributed by atoms with Crippen LogP contribution in [0.4, 0.5) is 0 Å². The number of benzene rings is 2. The Morgan fingerprint density at radius 2 is 1.97 bits per heavy atom. The molecule has 7 heteroatoms. The fraction of sp³-hybridized carbons (Fsp3) is 0.0909. The van der Waals surface area contributed by atoms with Gasteiger partial charge in [0.05, 0.1) is 29.9 Å². The minimum absolute atomic E-state index is 0.188. The van der Waals surface area contributed by atoms with Gasteiger partial charge >= 0.3 is 0 Å². The third-order valence-corrected chi connectivity index (χ3v) is 5.02. The smallest absolute Gasteiger partial charge is 0.215 e. The molecule has 5 rings (SSSR count). The molecule has 0 bridgehead atoms. The van der Waals surface area contributed by atoms with E-state index in [1.165, 1.54) is 0 Å². The maximum absolute atomic E-state index is 13.1. The number of nitrogens with zero attached hydrogens (tertiary/aromatic N) is 5. The van der Waals surface area contributed by atoms with Gasteiger partial charge in [0.1, 0.15) is 17.8 Å². The maximum Gasteiger partial charge on any atom is 0.215 e. The van der Waals surface area contributed by atoms with E-state index in [1.54, 1.807) is 30.3 Å². The van der Waals surface area contributed by atoms with Crippen molar-refractivity contribution in [3.05, 3.63) is 83.2 Å². The molecule has 4 aromatic rings. The zero-order chi connectivity index (χ0) is 20.0. The van der Waals surface area contributed by atoms with E-state index in [2.05, 4.69) is 21.2 Å². The number of aromatic nitrogens is 5. The molecule has 0 amide bonds. The molecular weight excluding hydrogens is 366 g/mol. The van der Waals surface area contributed by atoms with Crippen molar-refractivity contribution in [2.24, 2.45) is 0 Å². The second kappa shape index (κ2) is 6.46. The highest BCUT2D eigenvalue weighted by atomic mass is 16.5. The molecule has 3 heterocycles. The number of methoxy groups -OCH3 is 1. The number of ether oxygens (including phenoxy) is 1. The molecule has 0 atom stereocenters. The Morgan fingerprint density at radius 3 is 2.72 bits per heavy atom. The standard InChI is InChI=1S/C22H15N5O2/c1-3-16-18-12-20-21(22(28)14-7-5-4-6-8-14)24-25-27(20)19-11-15(29-2)9-10-17(19)26(18)13-23-16/h1,4-11,13H,12H2,2H3. The summed E-state index contributed by atoms with van der Waals surface area (Å²) in [4.78, 5) is 17.5. The van der Waals surface area contributed by atoms with Crippen LogP contribution in [0.2, 0.25) is 0 Å². The Hall–Kier alpha value is -4.18. The van der Waals surface area contributed by atoms with Gasteiger partial charge in [0, 0.05) is 18.1 Å². The van der Waals surface area contributed by atoms with E-state index in [9.17, 15) is 4.79 Å². The maximum atomic E-state index is 13.1. The number of hydrogen-bond donors (Lipinski definition) is 0. The van der Waals surface area contributed by atoms with Crippen molar-refractivity contribution in [2.75, 3.05) is 7.11 Å². The Morgan fingerprint density at radius 1 is 1.14 bits per heavy atom. The average Bonchev–Trinajstić information content (AvgIpc) is 3.35. The highest BCUT2D eigenvalue weighted by molar-refractivity contribution is 6.08. The molecule has 0 saturated carbocycles. The summed E-state index contributed by atoms with van der Waals surface area (Å²) >= 11 is 0. The first kappa shape index (κ1) is 17.0. The Bertz CT molecular complexity index is 1290. The van der Waals surface area contributed by atoms with Gasteiger partial charge in [-0.2, -0.15) is 0 Å². The van der Waals surface area contributed by atoms with Crippen molar-refractivity contribution in [2.45, 2.75) is 6.42 Å². The summed E-state index contributed by atoms with van der Waals surface area (Å²) in [5.41, 5.74) is 4.40. The lowest BCUT2D eigenvalue weighted by atomic mass is 10.0. The summed E-state index contributed by atoms with van der Waals surface area (Å²) in [6, 6.07) is 14.7. The highest BCUT2D eigenvalue weighted by Crippen LogP contribution is 2.32. The van der Waals surface area contributed by atoms with Crippen LogP contribution in [0.3, 0.4) is 0 Å². The van der Waals surface area contributed by atoms with E-state index in [0.717, 1.165) is 17.1 Å². The largest absolute Gasteiger partial charge is 0.497 e. The van der Waals surface area contributed by atoms with Gasteiger partial charge in [-0.1, -0.05) is 35.5 Å². The van der Waals surface area contributed by atoms with Crippen LogP contribution in [-0.4, -0.2) is 37.4 Å². The average molecular weight is 381 g/mol. The summed E-state index contributed by atoms with van der Waals surface area (Å²) in [5, 5.41) is 8.53. The second-order valence-corrected chi connectivity index (χ2v) is 6.58. The zero-order valence-electron chi connectivity index (χ0n) is 15.5. The number of terminal acetylenes is 1. The molecule has 2 aromatic heterocycles. The molecule has 1 aliphatic rings. The van der Waals surface area contributed by atoms with E-state index in [1.807, 2.05) is 41.0 Å². The third kappa shape index (κ3) is 2.54. The summed E-state index contributed by atoms with van der Waals surface area (Å²) in [7, 11) is 1.60. The molecule has 7 nitrogen and oxygen atoms in total. The normalized spacial score (nSPS) is 11.6. The number of carbonyl (C=O) groups excluding carboxylic acids is 1. The van der Waals surface area contributed by atoms with E-state index in [0.29, 0.717) is 34.8 Å². The predicted octanol–water partition coefficient (Wildman–Crippen LogP) is 2.58. The topological polar surface area (TPSA) is 74.8 Å². The number of ketones is 1. The summed E-state index contributed by atoms with van der Waals surface area (Å²) in [6.07, 6.45) is 7.73. The van der Waals surface area contributed by atoms with Crippen LogP contribution < -0.4 is 4.74 Å². The van der Waals surface area contributed by atoms with E-state index < -0.39 is 0 Å². The fourth-order valence-corrected chi connectivity index (χ4v) is 3.59. The first-order valence-electron chi connectivity index (χ1n) is 8.97. The second-order valence-electron chi connectivity index (χ2n) is 6.58. The quantitative estimate of drug-likeness (QED) is 0.355. The molecule has 0 fully saturated rings. The molecule has 1 aliphatic heterocycles. The Labute approximate surface area is 166 Å². The lowest BCUT2D eigenvalue weighted by Crippen LogP contribution is -2.09. The van der Waals surface area contributed by atoms with Gasteiger partial charge in [-0.3, -0.25) is 9.36 Å². The SMILES string of the molecule is C#Cc1ncn2c1Cc1c(C(=O)c3ccccc3)nnn1-c1cc(OC)ccc1-2. The predicted molar refractivity (Wildman–Crippen MR) is 106 cm³/mol. The van der Waals surface area contributed by atoms with Gasteiger partial charge in [0.25, 0.3) is 0 Å². The molecule has 140 valence electrons. The first-order valence-corrected chi connectivity index (χ1v) is 8.97. The molecule has 29 heavy (non-hydrogen) atoms. The van der Waals surface area contributed by atoms with Crippen molar-refractivity contribution in [1.29, 1.82) is 0 Å². The number of fused-ring (bicyclic) bond motifs is 5. The van der Waals surface area contributed by atoms with Crippen LogP contribution in [-0.2, 0) is 6.42 Å². The monoisotopic (exact) mass is 381 g/mol. The van der Waals surface area contributed by atoms with Gasteiger partial charge in [-0.05, 0) is 18.1 Å². The number of carbonyl (C=O) groups is 1. The molecule has 0 unspecified atom stereocenters. The van der Waals surface area contributed by atoms with Crippen LogP contribution >= 0.6 is 0 Å². The van der Waals surface area contributed by atoms with Gasteiger partial charge < -0.3 is 4.74 Å². The van der Waals surface area contributed by atoms with Crippen LogP contribution in [0.1, 0.15) is 33.1 Å². The number of imidazole rings is 1. The van der Waals surface area contributed by atoms with Crippen LogP contribution in [0.15, 0.2) is 54.9 Å². The van der Waals surface area contributed by atoms with Gasteiger partial charge in [0.15, 0.2) is 5.69 Å². The van der Waals surface area contributed by atoms with Crippen molar-refractivity contribution in [3.8, 4) is 29.5 Å². The minimum Gasteiger partial charge on any atom is -0.497 e. The molecule has 0 spiro atoms. The van der Waals surface area contributed by atoms with Crippen LogP contribution in [0, 0.1) is 12.3 Å². The number of rotatable bonds is 3. The zero-order valence-corrected chi connectivity index (χ0v) is 15.5. The molecule has 0 aliphatic carbocycles. The molecular formula is C22H15N5O2. The fourth-order valence-electron chi connectivity index (χ4n) is 3.59. The lowest BCUT2D eigenvalue weighted by Gasteiger charge is -2.11. The van der Waals surface area contributed by atoms with E-state index >= 15 is 0 Å². The van der Waals surface area contributed by atoms with Crippen molar-refractivity contribution in [3.63, 3.8) is 0 Å². The Kier molecular flexibility index (Phi) is 3.78. The third-order valence-electron chi connectivity index (χ3n) is 5.02. The van der Waals surface area contributed by atoms with Gasteiger partial charge in [-0.25, -0.2) is 9.67 Å². The molecule has 0 saturated heterocycles. The minimum atomic E-state index is -0.188. The van der Waals surface area contributed by atoms with Crippen molar-refractivity contribution < 1.29 is 9.53 Å². The van der Waals surface area contributed by atoms with E-state index in [-0.39, 0.29) is 5.78 Å². The first-order chi connectivity index (χ1) is 14.2. The van der Waals surface area contributed by atoms with Crippen molar-refractivity contribution >= 4 is 5.78 Å². The molecule has 2 aromatic carbocycles. The molecule has 0 radical (unpaired) electrons. The summed E-state index contributed by atoms with van der Waals surface area (Å²) < 4.78 is 9.00. The van der Waals surface area contributed by atoms with E-state index in [4.69, 9.17) is 11.2 Å². The van der Waals surface area contributed by atoms with Crippen LogP contribution in [0.5, 0.6) is 5.75 Å². The van der Waals surface area contributed by atoms with Crippen molar-refractivity contribution in [1.82, 2.24) is 24.5 Å². The van der Waals surface area contributed by atoms with Crippen LogP contribution in [0.25, 0.3) is 11.4 Å². The number of hydrogen-bond acceptors (Lipinski definition) is 5. The molecule has 0 N–H and O–H groups in total. The summed E-state index contributed by atoms with van der Waals surface area (Å²) in [5.74, 6) is 3.11. The highest BCUT2D eigenvalue weighted by Gasteiger charge is 2.29.